The molecule has 0 aromatic carbocycles. The first-order valence-corrected chi connectivity index (χ1v) is 3.21. The smallest absolute Gasteiger partial charge is 0.104 e. The Balaban J connectivity index is 2.35. The van der Waals surface area contributed by atoms with Crippen LogP contribution >= 0.6 is 0 Å². The summed E-state index contributed by atoms with van der Waals surface area (Å²) < 4.78 is 0. The number of hydrogen-bond donors (Lipinski definition) is 1. The number of aliphatic hydroxyl groups excluding tert-OH is 1. The van der Waals surface area contributed by atoms with E-state index in [0.717, 1.165) is 19.6 Å². The molecule has 0 fully saturated rings. The van der Waals surface area contributed by atoms with Gasteiger partial charge in [0, 0.05) is 19.3 Å². The van der Waals surface area contributed by atoms with Gasteiger partial charge in [0.15, 0.2) is 0 Å². The second kappa shape index (κ2) is 2.94. The average molecular weight is 128 g/mol. The number of hydrogen-bond acceptors (Lipinski definition) is 3. The Hall–Kier alpha value is -0.410. The molecule has 0 spiro atoms. The molecule has 1 N–H and O–H groups in total. The maximum absolute atomic E-state index is 9.04. The molecule has 1 aliphatic rings. The molecule has 0 saturated carbocycles. The van der Waals surface area contributed by atoms with Crippen molar-refractivity contribution in [1.82, 2.24) is 4.90 Å². The predicted octanol–water partition coefficient (Wildman–Crippen LogP) is -0.289. The fraction of sp³-hybridized carbons (Fsp3) is 0.833. The van der Waals surface area contributed by atoms with Crippen LogP contribution in [0.15, 0.2) is 4.99 Å². The van der Waals surface area contributed by atoms with Crippen LogP contribution in [0.1, 0.15) is 6.92 Å². The highest BCUT2D eigenvalue weighted by atomic mass is 16.3. The Morgan fingerprint density at radius 2 is 2.56 bits per heavy atom. The van der Waals surface area contributed by atoms with Crippen molar-refractivity contribution >= 4 is 6.21 Å². The zero-order chi connectivity index (χ0) is 6.69. The van der Waals surface area contributed by atoms with Crippen LogP contribution in [-0.2, 0) is 0 Å². The van der Waals surface area contributed by atoms with Crippen molar-refractivity contribution in [3.8, 4) is 0 Å². The minimum atomic E-state index is -0.322. The molecule has 0 radical (unpaired) electrons. The minimum absolute atomic E-state index is 0.322. The van der Waals surface area contributed by atoms with Gasteiger partial charge in [-0.1, -0.05) is 0 Å². The normalized spacial score (nSPS) is 24.2. The van der Waals surface area contributed by atoms with Crippen LogP contribution in [-0.4, -0.2) is 42.1 Å². The zero-order valence-electron chi connectivity index (χ0n) is 5.62. The van der Waals surface area contributed by atoms with Crippen molar-refractivity contribution in [2.75, 3.05) is 19.6 Å². The summed E-state index contributed by atoms with van der Waals surface area (Å²) in [4.78, 5) is 6.00. The fourth-order valence-corrected chi connectivity index (χ4v) is 0.871. The summed E-state index contributed by atoms with van der Waals surface area (Å²) in [5.41, 5.74) is 0. The Morgan fingerprint density at radius 3 is 2.89 bits per heavy atom. The van der Waals surface area contributed by atoms with Gasteiger partial charge in [-0.3, -0.25) is 9.89 Å². The van der Waals surface area contributed by atoms with Crippen molar-refractivity contribution in [3.05, 3.63) is 0 Å². The molecule has 1 unspecified atom stereocenters. The van der Waals surface area contributed by atoms with Gasteiger partial charge >= 0.3 is 0 Å². The first kappa shape index (κ1) is 6.71. The van der Waals surface area contributed by atoms with E-state index in [0.29, 0.717) is 0 Å². The highest BCUT2D eigenvalue weighted by molar-refractivity contribution is 5.60. The molecule has 3 nitrogen and oxygen atoms in total. The van der Waals surface area contributed by atoms with Crippen LogP contribution in [0.3, 0.4) is 0 Å². The second-order valence-corrected chi connectivity index (χ2v) is 2.22. The highest BCUT2D eigenvalue weighted by Crippen LogP contribution is 1.96. The van der Waals surface area contributed by atoms with Crippen molar-refractivity contribution < 1.29 is 5.11 Å². The van der Waals surface area contributed by atoms with E-state index in [1.165, 1.54) is 0 Å². The van der Waals surface area contributed by atoms with Crippen LogP contribution in [0.5, 0.6) is 0 Å². The van der Waals surface area contributed by atoms with E-state index in [2.05, 4.69) is 4.99 Å². The summed E-state index contributed by atoms with van der Waals surface area (Å²) >= 11 is 0. The van der Waals surface area contributed by atoms with Gasteiger partial charge in [-0.25, -0.2) is 0 Å². The molecule has 0 aromatic rings. The molecule has 1 heterocycles. The van der Waals surface area contributed by atoms with Gasteiger partial charge in [-0.15, -0.1) is 0 Å². The molecule has 3 heteroatoms. The summed E-state index contributed by atoms with van der Waals surface area (Å²) in [6, 6.07) is 0. The molecule has 0 amide bonds. The Labute approximate surface area is 55.0 Å². The third-order valence-electron chi connectivity index (χ3n) is 1.49. The summed E-state index contributed by atoms with van der Waals surface area (Å²) in [5, 5.41) is 9.04. The topological polar surface area (TPSA) is 35.8 Å². The zero-order valence-corrected chi connectivity index (χ0v) is 5.62. The molecule has 1 aliphatic heterocycles. The first-order valence-electron chi connectivity index (χ1n) is 3.21. The third kappa shape index (κ3) is 1.77. The monoisotopic (exact) mass is 128 g/mol. The van der Waals surface area contributed by atoms with E-state index in [9.17, 15) is 0 Å². The van der Waals surface area contributed by atoms with Crippen LogP contribution in [0.4, 0.5) is 0 Å². The number of rotatable bonds is 1. The van der Waals surface area contributed by atoms with Gasteiger partial charge < -0.3 is 5.11 Å². The number of aliphatic imine (C=N–C) groups is 1. The summed E-state index contributed by atoms with van der Waals surface area (Å²) in [6.07, 6.45) is 1.52. The molecule has 0 saturated heterocycles. The van der Waals surface area contributed by atoms with Crippen LogP contribution < -0.4 is 0 Å². The Morgan fingerprint density at radius 1 is 1.78 bits per heavy atom. The summed E-state index contributed by atoms with van der Waals surface area (Å²) in [7, 11) is 0. The van der Waals surface area contributed by atoms with E-state index in [1.54, 1.807) is 6.92 Å². The molecule has 1 rings (SSSR count). The van der Waals surface area contributed by atoms with Crippen molar-refractivity contribution in [2.45, 2.75) is 13.2 Å². The molecule has 52 valence electrons. The van der Waals surface area contributed by atoms with Crippen LogP contribution in [0, 0.1) is 0 Å². The van der Waals surface area contributed by atoms with E-state index >= 15 is 0 Å². The van der Waals surface area contributed by atoms with Crippen LogP contribution in [0.2, 0.25) is 0 Å². The Kier molecular flexibility index (Phi) is 2.19. The minimum Gasteiger partial charge on any atom is -0.379 e. The lowest BCUT2D eigenvalue weighted by molar-refractivity contribution is 0.0309. The van der Waals surface area contributed by atoms with Crippen molar-refractivity contribution in [2.24, 2.45) is 4.99 Å². The molecule has 0 bridgehead atoms. The summed E-state index contributed by atoms with van der Waals surface area (Å²) in [6.45, 7) is 4.27. The maximum atomic E-state index is 9.04. The lowest BCUT2D eigenvalue weighted by atomic mass is 10.4. The molecular formula is C6H12N2O. The second-order valence-electron chi connectivity index (χ2n) is 2.22. The Bertz CT molecular complexity index is 112. The van der Waals surface area contributed by atoms with E-state index in [1.807, 2.05) is 11.1 Å². The van der Waals surface area contributed by atoms with E-state index in [-0.39, 0.29) is 6.23 Å². The molecule has 0 aliphatic carbocycles. The standard InChI is InChI=1S/C6H12N2O/c1-6(9)8-4-2-7-3-5-8/h2,6,9H,3-5H2,1H3. The SMILES string of the molecule is CC(O)N1CC=NCC1. The van der Waals surface area contributed by atoms with Gasteiger partial charge in [0.2, 0.25) is 0 Å². The van der Waals surface area contributed by atoms with Crippen molar-refractivity contribution in [3.63, 3.8) is 0 Å². The molecule has 1 atom stereocenters. The highest BCUT2D eigenvalue weighted by Gasteiger charge is 2.10. The summed E-state index contributed by atoms with van der Waals surface area (Å²) in [5.74, 6) is 0. The maximum Gasteiger partial charge on any atom is 0.104 e. The lowest BCUT2D eigenvalue weighted by Gasteiger charge is -2.24. The first-order chi connectivity index (χ1) is 4.30. The largest absolute Gasteiger partial charge is 0.379 e. The van der Waals surface area contributed by atoms with Crippen LogP contribution in [0.25, 0.3) is 0 Å². The molecular weight excluding hydrogens is 116 g/mol. The van der Waals surface area contributed by atoms with E-state index in [4.69, 9.17) is 5.11 Å². The van der Waals surface area contributed by atoms with Gasteiger partial charge in [-0.05, 0) is 6.92 Å². The number of nitrogens with zero attached hydrogens (tertiary/aromatic N) is 2. The third-order valence-corrected chi connectivity index (χ3v) is 1.49. The van der Waals surface area contributed by atoms with Gasteiger partial charge in [0.05, 0.1) is 6.54 Å². The predicted molar refractivity (Wildman–Crippen MR) is 36.6 cm³/mol. The fourth-order valence-electron chi connectivity index (χ4n) is 0.871. The van der Waals surface area contributed by atoms with Gasteiger partial charge in [0.25, 0.3) is 0 Å². The number of aliphatic hydroxyl groups is 1. The quantitative estimate of drug-likeness (QED) is 0.527. The lowest BCUT2D eigenvalue weighted by Crippen LogP contribution is -2.38. The van der Waals surface area contributed by atoms with E-state index < -0.39 is 0 Å². The van der Waals surface area contributed by atoms with Gasteiger partial charge in [0.1, 0.15) is 6.23 Å². The van der Waals surface area contributed by atoms with Crippen molar-refractivity contribution in [1.29, 1.82) is 0 Å². The van der Waals surface area contributed by atoms with Gasteiger partial charge in [-0.2, -0.15) is 0 Å². The molecule has 9 heavy (non-hydrogen) atoms. The molecule has 0 aromatic heterocycles. The average Bonchev–Trinajstić information content (AvgIpc) is 1.90.